The highest BCUT2D eigenvalue weighted by atomic mass is 19.4. The molecule has 1 aliphatic rings. The van der Waals surface area contributed by atoms with Gasteiger partial charge in [0.05, 0.1) is 19.5 Å². The maximum Gasteiger partial charge on any atom is 0.433 e. The highest BCUT2D eigenvalue weighted by molar-refractivity contribution is 5.93. The largest absolute Gasteiger partial charge is 0.463 e. The number of furan rings is 1. The molecule has 3 aromatic heterocycles. The lowest BCUT2D eigenvalue weighted by atomic mass is 10.2. The van der Waals surface area contributed by atoms with Crippen molar-refractivity contribution in [2.24, 2.45) is 0 Å². The smallest absolute Gasteiger partial charge is 0.433 e. The molecule has 0 unspecified atom stereocenters. The Kier molecular flexibility index (Phi) is 5.24. The number of amides is 1. The summed E-state index contributed by atoms with van der Waals surface area (Å²) in [5, 5.41) is 6.51. The molecular weight excluding hydrogens is 391 g/mol. The predicted molar refractivity (Wildman–Crippen MR) is 95.3 cm³/mol. The minimum atomic E-state index is -4.68. The van der Waals surface area contributed by atoms with E-state index in [0.29, 0.717) is 30.8 Å². The van der Waals surface area contributed by atoms with Crippen molar-refractivity contribution in [3.05, 3.63) is 41.9 Å². The second-order valence-electron chi connectivity index (χ2n) is 6.51. The number of nitrogens with one attached hydrogen (secondary N) is 1. The lowest BCUT2D eigenvalue weighted by Gasteiger charge is -2.26. The number of carbonyl (C=O) groups is 1. The average Bonchev–Trinajstić information content (AvgIpc) is 3.37. The van der Waals surface area contributed by atoms with E-state index < -0.39 is 17.8 Å². The molecular formula is C18H18F3N5O3. The van der Waals surface area contributed by atoms with Crippen LogP contribution in [0.25, 0.3) is 17.1 Å². The summed E-state index contributed by atoms with van der Waals surface area (Å²) in [6.45, 7) is 3.81. The van der Waals surface area contributed by atoms with Gasteiger partial charge < -0.3 is 14.5 Å². The Labute approximate surface area is 163 Å². The number of ether oxygens (including phenoxy) is 1. The van der Waals surface area contributed by atoms with Gasteiger partial charge in [-0.1, -0.05) is 0 Å². The van der Waals surface area contributed by atoms with Gasteiger partial charge in [0.15, 0.2) is 22.8 Å². The summed E-state index contributed by atoms with van der Waals surface area (Å²) in [5.74, 6) is -0.368. The molecule has 1 fully saturated rings. The average molecular weight is 409 g/mol. The number of hydrogen-bond donors (Lipinski definition) is 1. The molecule has 1 aliphatic heterocycles. The van der Waals surface area contributed by atoms with E-state index in [-0.39, 0.29) is 22.8 Å². The summed E-state index contributed by atoms with van der Waals surface area (Å²) in [5.41, 5.74) is -1.26. The number of alkyl halides is 3. The molecule has 29 heavy (non-hydrogen) atoms. The monoisotopic (exact) mass is 409 g/mol. The van der Waals surface area contributed by atoms with E-state index in [0.717, 1.165) is 19.2 Å². The molecule has 4 rings (SSSR count). The van der Waals surface area contributed by atoms with Gasteiger partial charge in [-0.05, 0) is 18.2 Å². The Morgan fingerprint density at radius 2 is 2.03 bits per heavy atom. The van der Waals surface area contributed by atoms with E-state index in [4.69, 9.17) is 9.15 Å². The molecule has 0 bridgehead atoms. The van der Waals surface area contributed by atoms with Crippen molar-refractivity contribution < 1.29 is 27.1 Å². The number of fused-ring (bicyclic) bond motifs is 1. The highest BCUT2D eigenvalue weighted by Crippen LogP contribution is 2.32. The van der Waals surface area contributed by atoms with E-state index in [2.05, 4.69) is 20.3 Å². The topological polar surface area (TPSA) is 84.9 Å². The molecule has 0 aliphatic carbocycles. The van der Waals surface area contributed by atoms with Crippen molar-refractivity contribution in [2.45, 2.75) is 6.18 Å². The maximum absolute atomic E-state index is 13.5. The van der Waals surface area contributed by atoms with Crippen LogP contribution in [0.1, 0.15) is 16.2 Å². The second-order valence-corrected chi connectivity index (χ2v) is 6.51. The van der Waals surface area contributed by atoms with Gasteiger partial charge in [-0.25, -0.2) is 9.50 Å². The molecule has 11 heteroatoms. The molecule has 0 spiro atoms. The van der Waals surface area contributed by atoms with Crippen molar-refractivity contribution in [1.29, 1.82) is 0 Å². The fourth-order valence-corrected chi connectivity index (χ4v) is 3.08. The van der Waals surface area contributed by atoms with Gasteiger partial charge in [0, 0.05) is 32.2 Å². The number of morpholine rings is 1. The lowest BCUT2D eigenvalue weighted by Crippen LogP contribution is -2.41. The molecule has 8 nitrogen and oxygen atoms in total. The molecule has 154 valence electrons. The van der Waals surface area contributed by atoms with Crippen molar-refractivity contribution in [3.8, 4) is 11.5 Å². The van der Waals surface area contributed by atoms with Crippen molar-refractivity contribution >= 4 is 11.6 Å². The molecule has 4 heterocycles. The standard InChI is InChI=1S/C18H18F3N5O3/c19-18(20,21)15-10-12(14-2-1-7-29-14)23-16-11-13(24-26(15)16)17(27)22-3-4-25-5-8-28-9-6-25/h1-2,7,10-11H,3-6,8-9H2,(H,22,27). The van der Waals surface area contributed by atoms with Gasteiger partial charge in [-0.2, -0.15) is 18.3 Å². The predicted octanol–water partition coefficient (Wildman–Crippen LogP) is 2.07. The summed E-state index contributed by atoms with van der Waals surface area (Å²) in [7, 11) is 0. The third kappa shape index (κ3) is 4.25. The third-order valence-electron chi connectivity index (χ3n) is 4.54. The van der Waals surface area contributed by atoms with Crippen LogP contribution in [0, 0.1) is 0 Å². The number of aromatic nitrogens is 3. The molecule has 0 aromatic carbocycles. The van der Waals surface area contributed by atoms with Crippen LogP contribution >= 0.6 is 0 Å². The minimum absolute atomic E-state index is 0.00833. The number of hydrogen-bond acceptors (Lipinski definition) is 6. The van der Waals surface area contributed by atoms with Crippen LogP contribution in [0.15, 0.2) is 34.9 Å². The lowest BCUT2D eigenvalue weighted by molar-refractivity contribution is -0.142. The molecule has 0 radical (unpaired) electrons. The molecule has 1 N–H and O–H groups in total. The van der Waals surface area contributed by atoms with E-state index in [1.54, 1.807) is 6.07 Å². The van der Waals surface area contributed by atoms with Crippen LogP contribution in [-0.4, -0.2) is 64.8 Å². The molecule has 1 amide bonds. The summed E-state index contributed by atoms with van der Waals surface area (Å²) in [4.78, 5) is 18.7. The fraction of sp³-hybridized carbons (Fsp3) is 0.389. The van der Waals surface area contributed by atoms with Crippen molar-refractivity contribution in [2.75, 3.05) is 39.4 Å². The first-order valence-electron chi connectivity index (χ1n) is 9.02. The number of rotatable bonds is 5. The van der Waals surface area contributed by atoms with Crippen molar-refractivity contribution in [1.82, 2.24) is 24.8 Å². The van der Waals surface area contributed by atoms with Crippen LogP contribution in [0.4, 0.5) is 13.2 Å². The summed E-state index contributed by atoms with van der Waals surface area (Å²) >= 11 is 0. The normalized spacial score (nSPS) is 15.7. The molecule has 0 atom stereocenters. The third-order valence-corrected chi connectivity index (χ3v) is 4.54. The van der Waals surface area contributed by atoms with Gasteiger partial charge >= 0.3 is 6.18 Å². The Morgan fingerprint density at radius 3 is 2.72 bits per heavy atom. The minimum Gasteiger partial charge on any atom is -0.463 e. The van der Waals surface area contributed by atoms with Crippen LogP contribution in [0.2, 0.25) is 0 Å². The van der Waals surface area contributed by atoms with E-state index in [1.807, 2.05) is 0 Å². The van der Waals surface area contributed by atoms with E-state index in [9.17, 15) is 18.0 Å². The number of halogens is 3. The van der Waals surface area contributed by atoms with Gasteiger partial charge in [0.1, 0.15) is 5.69 Å². The zero-order chi connectivity index (χ0) is 20.4. The SMILES string of the molecule is O=C(NCCN1CCOCC1)c1cc2nc(-c3ccco3)cc(C(F)(F)F)n2n1. The Balaban J connectivity index is 1.56. The molecule has 3 aromatic rings. The van der Waals surface area contributed by atoms with E-state index >= 15 is 0 Å². The second kappa shape index (κ2) is 7.84. The van der Waals surface area contributed by atoms with Crippen LogP contribution < -0.4 is 5.32 Å². The Hall–Kier alpha value is -2.92. The highest BCUT2D eigenvalue weighted by Gasteiger charge is 2.36. The summed E-state index contributed by atoms with van der Waals surface area (Å²) < 4.78 is 51.6. The number of nitrogens with zero attached hydrogens (tertiary/aromatic N) is 4. The van der Waals surface area contributed by atoms with Crippen LogP contribution in [0.5, 0.6) is 0 Å². The van der Waals surface area contributed by atoms with Gasteiger partial charge in [-0.15, -0.1) is 0 Å². The summed E-state index contributed by atoms with van der Waals surface area (Å²) in [6, 6.07) is 5.14. The first-order chi connectivity index (χ1) is 13.9. The number of carbonyl (C=O) groups excluding carboxylic acids is 1. The molecule has 1 saturated heterocycles. The Morgan fingerprint density at radius 1 is 1.24 bits per heavy atom. The zero-order valence-electron chi connectivity index (χ0n) is 15.3. The van der Waals surface area contributed by atoms with Crippen LogP contribution in [0.3, 0.4) is 0 Å². The zero-order valence-corrected chi connectivity index (χ0v) is 15.3. The fourth-order valence-electron chi connectivity index (χ4n) is 3.08. The maximum atomic E-state index is 13.5. The first kappa shape index (κ1) is 19.4. The Bertz CT molecular complexity index is 994. The summed E-state index contributed by atoms with van der Waals surface area (Å²) in [6.07, 6.45) is -3.34. The van der Waals surface area contributed by atoms with Gasteiger partial charge in [0.2, 0.25) is 0 Å². The van der Waals surface area contributed by atoms with Gasteiger partial charge in [0.25, 0.3) is 5.91 Å². The van der Waals surface area contributed by atoms with Crippen molar-refractivity contribution in [3.63, 3.8) is 0 Å². The van der Waals surface area contributed by atoms with E-state index in [1.165, 1.54) is 18.4 Å². The molecule has 0 saturated carbocycles. The van der Waals surface area contributed by atoms with Gasteiger partial charge in [-0.3, -0.25) is 9.69 Å². The first-order valence-corrected chi connectivity index (χ1v) is 9.02. The van der Waals surface area contributed by atoms with Crippen LogP contribution in [-0.2, 0) is 10.9 Å². The quantitative estimate of drug-likeness (QED) is 0.695.